The van der Waals surface area contributed by atoms with Crippen LogP contribution in [0.15, 0.2) is 48.5 Å². The van der Waals surface area contributed by atoms with Gasteiger partial charge in [-0.1, -0.05) is 66.9 Å². The lowest BCUT2D eigenvalue weighted by Gasteiger charge is -2.10. The summed E-state index contributed by atoms with van der Waals surface area (Å²) in [6.45, 7) is 7.12. The normalized spacial score (nSPS) is 11.0. The molecule has 3 nitrogen and oxygen atoms in total. The summed E-state index contributed by atoms with van der Waals surface area (Å²) in [6.07, 6.45) is 2.13. The van der Waals surface area contributed by atoms with Crippen molar-refractivity contribution in [1.82, 2.24) is 9.78 Å². The third-order valence-corrected chi connectivity index (χ3v) is 4.29. The maximum Gasteiger partial charge on any atom is 0.238 e. The number of hydrogen-bond acceptors (Lipinski definition) is 2. The maximum atomic E-state index is 10.5. The first-order chi connectivity index (χ1) is 11.6. The number of aromatic hydroxyl groups is 1. The summed E-state index contributed by atoms with van der Waals surface area (Å²) in [5, 5.41) is 15.0. The number of unbranched alkanes of at least 4 members (excludes halogenated alkanes) is 1. The van der Waals surface area contributed by atoms with Crippen LogP contribution in [0.25, 0.3) is 22.4 Å². The molecule has 124 valence electrons. The van der Waals surface area contributed by atoms with E-state index in [4.69, 9.17) is 0 Å². The standard InChI is InChI=1S/C21H24N2O/c1-4-5-13-23-20(18-8-6-7-16(3)14-18)19(21(24)22-23)17-11-9-15(2)10-12-17/h6-12,14H,4-5,13H2,1-3H3,(H,22,24). The number of nitrogens with zero attached hydrogens (tertiary/aromatic N) is 2. The summed E-state index contributed by atoms with van der Waals surface area (Å²) in [5.41, 5.74) is 6.30. The van der Waals surface area contributed by atoms with E-state index in [1.54, 1.807) is 0 Å². The Balaban J connectivity index is 2.20. The van der Waals surface area contributed by atoms with Crippen molar-refractivity contribution >= 4 is 0 Å². The molecule has 3 aromatic rings. The van der Waals surface area contributed by atoms with Crippen molar-refractivity contribution in [3.05, 3.63) is 59.7 Å². The topological polar surface area (TPSA) is 38.0 Å². The van der Waals surface area contributed by atoms with Gasteiger partial charge in [-0.3, -0.25) is 4.68 Å². The largest absolute Gasteiger partial charge is 0.492 e. The highest BCUT2D eigenvalue weighted by atomic mass is 16.3. The van der Waals surface area contributed by atoms with Crippen molar-refractivity contribution in [2.75, 3.05) is 0 Å². The Bertz CT molecular complexity index is 832. The van der Waals surface area contributed by atoms with Gasteiger partial charge in [-0.25, -0.2) is 0 Å². The smallest absolute Gasteiger partial charge is 0.238 e. The fourth-order valence-electron chi connectivity index (χ4n) is 2.99. The highest BCUT2D eigenvalue weighted by Crippen LogP contribution is 2.39. The van der Waals surface area contributed by atoms with E-state index >= 15 is 0 Å². The van der Waals surface area contributed by atoms with E-state index in [0.29, 0.717) is 0 Å². The van der Waals surface area contributed by atoms with Crippen LogP contribution in [0.4, 0.5) is 0 Å². The minimum Gasteiger partial charge on any atom is -0.492 e. The molecule has 0 atom stereocenters. The number of aryl methyl sites for hydroxylation is 3. The number of benzene rings is 2. The molecule has 0 bridgehead atoms. The van der Waals surface area contributed by atoms with Gasteiger partial charge in [0.25, 0.3) is 0 Å². The summed E-state index contributed by atoms with van der Waals surface area (Å²) in [5.74, 6) is 0.103. The molecule has 0 aliphatic rings. The second kappa shape index (κ2) is 6.91. The molecule has 0 amide bonds. The van der Waals surface area contributed by atoms with Crippen molar-refractivity contribution in [1.29, 1.82) is 0 Å². The zero-order valence-electron chi connectivity index (χ0n) is 14.6. The lowest BCUT2D eigenvalue weighted by molar-refractivity contribution is 0.436. The van der Waals surface area contributed by atoms with Crippen LogP contribution in [-0.4, -0.2) is 14.9 Å². The van der Waals surface area contributed by atoms with Gasteiger partial charge in [-0.2, -0.15) is 0 Å². The van der Waals surface area contributed by atoms with Crippen LogP contribution in [-0.2, 0) is 6.54 Å². The first-order valence-corrected chi connectivity index (χ1v) is 8.54. The van der Waals surface area contributed by atoms with Gasteiger partial charge >= 0.3 is 0 Å². The Kier molecular flexibility index (Phi) is 4.70. The predicted molar refractivity (Wildman–Crippen MR) is 99.1 cm³/mol. The van der Waals surface area contributed by atoms with Crippen molar-refractivity contribution in [3.8, 4) is 28.3 Å². The minimum atomic E-state index is 0.103. The highest BCUT2D eigenvalue weighted by Gasteiger charge is 2.20. The summed E-state index contributed by atoms with van der Waals surface area (Å²) < 4.78 is 1.95. The van der Waals surface area contributed by atoms with Crippen molar-refractivity contribution in [2.45, 2.75) is 40.2 Å². The predicted octanol–water partition coefficient (Wildman–Crippen LogP) is 5.34. The molecule has 0 unspecified atom stereocenters. The van der Waals surface area contributed by atoms with Crippen LogP contribution in [0.2, 0.25) is 0 Å². The van der Waals surface area contributed by atoms with Crippen LogP contribution < -0.4 is 0 Å². The molecule has 1 N–H and O–H groups in total. The zero-order valence-corrected chi connectivity index (χ0v) is 14.6. The molecule has 0 fully saturated rings. The van der Waals surface area contributed by atoms with E-state index < -0.39 is 0 Å². The first kappa shape index (κ1) is 16.3. The lowest BCUT2D eigenvalue weighted by Crippen LogP contribution is -2.02. The zero-order chi connectivity index (χ0) is 17.1. The van der Waals surface area contributed by atoms with Gasteiger partial charge in [0.1, 0.15) is 0 Å². The third kappa shape index (κ3) is 3.21. The Hall–Kier alpha value is -2.55. The van der Waals surface area contributed by atoms with E-state index in [2.05, 4.69) is 74.4 Å². The monoisotopic (exact) mass is 320 g/mol. The Labute approximate surface area is 143 Å². The second-order valence-corrected chi connectivity index (χ2v) is 6.36. The quantitative estimate of drug-likeness (QED) is 0.689. The van der Waals surface area contributed by atoms with Crippen LogP contribution in [0.1, 0.15) is 30.9 Å². The van der Waals surface area contributed by atoms with Crippen molar-refractivity contribution in [2.24, 2.45) is 0 Å². The first-order valence-electron chi connectivity index (χ1n) is 8.54. The summed E-state index contributed by atoms with van der Waals surface area (Å²) in [4.78, 5) is 0. The van der Waals surface area contributed by atoms with Gasteiger partial charge in [0, 0.05) is 12.1 Å². The van der Waals surface area contributed by atoms with Crippen LogP contribution in [0.5, 0.6) is 5.88 Å². The maximum absolute atomic E-state index is 10.5. The molecule has 0 saturated carbocycles. The van der Waals surface area contributed by atoms with Gasteiger partial charge < -0.3 is 5.11 Å². The van der Waals surface area contributed by atoms with E-state index in [1.165, 1.54) is 11.1 Å². The molecule has 1 heterocycles. The number of hydrogen-bond donors (Lipinski definition) is 1. The molecule has 2 aromatic carbocycles. The molecule has 0 saturated heterocycles. The van der Waals surface area contributed by atoms with Gasteiger partial charge in [0.15, 0.2) is 0 Å². The van der Waals surface area contributed by atoms with Crippen LogP contribution >= 0.6 is 0 Å². The molecule has 0 spiro atoms. The molecule has 0 aliphatic carbocycles. The third-order valence-electron chi connectivity index (χ3n) is 4.29. The van der Waals surface area contributed by atoms with Gasteiger partial charge in [-0.05, 0) is 31.9 Å². The molecule has 0 aliphatic heterocycles. The van der Waals surface area contributed by atoms with Crippen molar-refractivity contribution in [3.63, 3.8) is 0 Å². The molecule has 0 radical (unpaired) electrons. The van der Waals surface area contributed by atoms with E-state index in [0.717, 1.165) is 41.8 Å². The fourth-order valence-corrected chi connectivity index (χ4v) is 2.99. The highest BCUT2D eigenvalue weighted by molar-refractivity contribution is 5.85. The average Bonchev–Trinajstić information content (AvgIpc) is 2.90. The van der Waals surface area contributed by atoms with E-state index in [1.807, 2.05) is 4.68 Å². The second-order valence-electron chi connectivity index (χ2n) is 6.36. The van der Waals surface area contributed by atoms with Crippen molar-refractivity contribution < 1.29 is 5.11 Å². The van der Waals surface area contributed by atoms with Gasteiger partial charge in [0.05, 0.1) is 11.3 Å². The molecule has 3 rings (SSSR count). The average molecular weight is 320 g/mol. The molecule has 1 aromatic heterocycles. The van der Waals surface area contributed by atoms with Crippen LogP contribution in [0.3, 0.4) is 0 Å². The Morgan fingerprint density at radius 2 is 1.71 bits per heavy atom. The minimum absolute atomic E-state index is 0.103. The molecular weight excluding hydrogens is 296 g/mol. The Morgan fingerprint density at radius 3 is 2.38 bits per heavy atom. The lowest BCUT2D eigenvalue weighted by atomic mass is 9.99. The number of aromatic nitrogens is 2. The summed E-state index contributed by atoms with van der Waals surface area (Å²) in [7, 11) is 0. The molecule has 3 heteroatoms. The summed E-state index contributed by atoms with van der Waals surface area (Å²) in [6, 6.07) is 16.6. The van der Waals surface area contributed by atoms with E-state index in [9.17, 15) is 5.11 Å². The number of rotatable bonds is 5. The van der Waals surface area contributed by atoms with E-state index in [-0.39, 0.29) is 5.88 Å². The Morgan fingerprint density at radius 1 is 0.958 bits per heavy atom. The van der Waals surface area contributed by atoms with Crippen LogP contribution in [0, 0.1) is 13.8 Å². The molecular formula is C21H24N2O. The fraction of sp³-hybridized carbons (Fsp3) is 0.286. The molecule has 24 heavy (non-hydrogen) atoms. The summed E-state index contributed by atoms with van der Waals surface area (Å²) >= 11 is 0. The SMILES string of the molecule is CCCCn1nc(O)c(-c2ccc(C)cc2)c1-c1cccc(C)c1. The van der Waals surface area contributed by atoms with Gasteiger partial charge in [-0.15, -0.1) is 5.10 Å². The van der Waals surface area contributed by atoms with Gasteiger partial charge in [0.2, 0.25) is 5.88 Å².